The zero-order valence-corrected chi connectivity index (χ0v) is 35.3. The lowest BCUT2D eigenvalue weighted by molar-refractivity contribution is -0.269. The van der Waals surface area contributed by atoms with Crippen LogP contribution in [0.3, 0.4) is 0 Å². The first kappa shape index (κ1) is 48.2. The first-order chi connectivity index (χ1) is 29.2. The van der Waals surface area contributed by atoms with Crippen LogP contribution in [0.15, 0.2) is 34.5 Å². The second-order valence-electron chi connectivity index (χ2n) is 13.4. The predicted octanol–water partition coefficient (Wildman–Crippen LogP) is 0.608. The lowest BCUT2D eigenvalue weighted by atomic mass is 9.96. The summed E-state index contributed by atoms with van der Waals surface area (Å²) in [4.78, 5) is 122. The highest BCUT2D eigenvalue weighted by Crippen LogP contribution is 2.43. The third-order valence-electron chi connectivity index (χ3n) is 8.53. The second-order valence-corrected chi connectivity index (χ2v) is 14.5. The van der Waals surface area contributed by atoms with Crippen LogP contribution in [0.1, 0.15) is 67.2 Å². The molecule has 2 aliphatic rings. The van der Waals surface area contributed by atoms with Crippen LogP contribution in [-0.2, 0) is 85.7 Å². The van der Waals surface area contributed by atoms with Gasteiger partial charge in [0.1, 0.15) is 37.1 Å². The van der Waals surface area contributed by atoms with E-state index in [9.17, 15) is 48.4 Å². The quantitative estimate of drug-likeness (QED) is 0.142. The van der Waals surface area contributed by atoms with Gasteiger partial charge in [0.15, 0.2) is 53.4 Å². The number of carbonyl (C=O) groups is 8. The molecule has 2 aliphatic heterocycles. The summed E-state index contributed by atoms with van der Waals surface area (Å²) in [5.41, 5.74) is -3.67. The van der Waals surface area contributed by atoms with Gasteiger partial charge in [0.25, 0.3) is 5.56 Å². The van der Waals surface area contributed by atoms with E-state index in [4.69, 9.17) is 47.4 Å². The Morgan fingerprint density at radius 1 is 0.661 bits per heavy atom. The molecule has 2 fully saturated rings. The molecule has 24 heteroatoms. The highest BCUT2D eigenvalue weighted by Gasteiger charge is 2.56. The average Bonchev–Trinajstić information content (AvgIpc) is 3.16. The number of thioether (sulfide) groups is 1. The molecule has 0 spiro atoms. The zero-order valence-electron chi connectivity index (χ0n) is 34.5. The number of nitriles is 1. The Balaban J connectivity index is 2.12. The molecule has 0 bridgehead atoms. The highest BCUT2D eigenvalue weighted by atomic mass is 32.2. The van der Waals surface area contributed by atoms with Gasteiger partial charge in [-0.05, 0) is 12.1 Å². The Morgan fingerprint density at radius 3 is 1.56 bits per heavy atom. The topological polar surface area (TPSA) is 300 Å². The first-order valence-corrected chi connectivity index (χ1v) is 19.3. The van der Waals surface area contributed by atoms with E-state index in [1.807, 2.05) is 0 Å². The molecule has 62 heavy (non-hydrogen) atoms. The van der Waals surface area contributed by atoms with Gasteiger partial charge in [0, 0.05) is 73.3 Å². The van der Waals surface area contributed by atoms with E-state index >= 15 is 0 Å². The van der Waals surface area contributed by atoms with Gasteiger partial charge in [-0.2, -0.15) is 10.2 Å². The molecule has 4 heterocycles. The summed E-state index contributed by atoms with van der Waals surface area (Å²) in [6.45, 7) is 6.92. The van der Waals surface area contributed by atoms with Crippen LogP contribution >= 0.6 is 11.8 Å². The van der Waals surface area contributed by atoms with Gasteiger partial charge < -0.3 is 47.4 Å². The van der Waals surface area contributed by atoms with Crippen molar-refractivity contribution in [1.29, 1.82) is 5.26 Å². The molecule has 10 atom stereocenters. The number of nitrogens with zero attached hydrogens (tertiary/aromatic N) is 4. The van der Waals surface area contributed by atoms with Crippen LogP contribution in [0.25, 0.3) is 11.3 Å². The molecule has 0 saturated carbocycles. The molecule has 0 radical (unpaired) electrons. The smallest absolute Gasteiger partial charge is 0.303 e. The zero-order chi connectivity index (χ0) is 46.0. The number of carbonyl (C=O) groups excluding carboxylic acids is 8. The van der Waals surface area contributed by atoms with Crippen LogP contribution in [0.4, 0.5) is 0 Å². The van der Waals surface area contributed by atoms with Gasteiger partial charge in [-0.3, -0.25) is 52.7 Å². The number of pyridine rings is 1. The van der Waals surface area contributed by atoms with Crippen molar-refractivity contribution >= 4 is 59.5 Å². The number of ether oxygens (including phenoxy) is 10. The van der Waals surface area contributed by atoms with Crippen LogP contribution in [0, 0.1) is 11.3 Å². The Bertz CT molecular complexity index is 2160. The molecule has 0 aromatic carbocycles. The van der Waals surface area contributed by atoms with E-state index < -0.39 is 138 Å². The normalized spacial score (nSPS) is 25.4. The van der Waals surface area contributed by atoms with Crippen LogP contribution < -0.4 is 5.56 Å². The minimum Gasteiger partial charge on any atom is -0.463 e. The van der Waals surface area contributed by atoms with Gasteiger partial charge >= 0.3 is 47.8 Å². The van der Waals surface area contributed by atoms with Crippen molar-refractivity contribution in [3.63, 3.8) is 0 Å². The van der Waals surface area contributed by atoms with Crippen molar-refractivity contribution in [3.8, 4) is 17.3 Å². The molecule has 4 rings (SSSR count). The van der Waals surface area contributed by atoms with E-state index in [1.54, 1.807) is 6.07 Å². The Labute approximate surface area is 356 Å². The SMILES string of the molecule is CC(=O)OC[C@H]1O[C@@H](n2c(S[C@@H]3O[C@H](COC(C)=O)[C@@H](OC(C)=O)[C@H](OC(C)=O)[C@H]3OC(C)=O)nc(=O)c(C#N)c2-c2cccnc2)[C@H](OC(C)=O)[C@@H](OC(C)=O)[C@@H]1OC(C)=O. The Morgan fingerprint density at radius 2 is 1.11 bits per heavy atom. The van der Waals surface area contributed by atoms with Crippen LogP contribution in [-0.4, -0.2) is 130 Å². The molecule has 0 unspecified atom stereocenters. The van der Waals surface area contributed by atoms with E-state index in [0.29, 0.717) is 11.8 Å². The second kappa shape index (κ2) is 21.4. The van der Waals surface area contributed by atoms with Crippen LogP contribution in [0.5, 0.6) is 0 Å². The third-order valence-corrected chi connectivity index (χ3v) is 9.64. The van der Waals surface area contributed by atoms with Crippen LogP contribution in [0.2, 0.25) is 0 Å². The van der Waals surface area contributed by atoms with Gasteiger partial charge in [0.2, 0.25) is 0 Å². The van der Waals surface area contributed by atoms with Gasteiger partial charge in [-0.15, -0.1) is 0 Å². The lowest BCUT2D eigenvalue weighted by Crippen LogP contribution is -2.62. The maximum Gasteiger partial charge on any atom is 0.303 e. The minimum atomic E-state index is -1.86. The molecule has 0 aliphatic carbocycles. The molecular formula is C38H42N4O19S. The summed E-state index contributed by atoms with van der Waals surface area (Å²) in [5, 5.41) is 9.98. The van der Waals surface area contributed by atoms with E-state index in [0.717, 1.165) is 60.0 Å². The Kier molecular flexibility index (Phi) is 16.6. The fourth-order valence-electron chi connectivity index (χ4n) is 6.52. The number of aromatic nitrogens is 3. The molecule has 2 aromatic rings. The fourth-order valence-corrected chi connectivity index (χ4v) is 7.72. The van der Waals surface area contributed by atoms with Crippen molar-refractivity contribution in [3.05, 3.63) is 40.4 Å². The van der Waals surface area contributed by atoms with Gasteiger partial charge in [-0.1, -0.05) is 11.8 Å². The molecular weight excluding hydrogens is 848 g/mol. The number of esters is 8. The Hall–Kier alpha value is -6.45. The standard InChI is InChI=1S/C38H42N4O19S/c1-16(43)52-14-26-29(54-18(3)45)31(56-20(5)47)33(58-22(7)49)36(60-26)42-28(24-10-9-11-40-13-24)25(12-39)35(51)41-38(42)62-37-34(59-23(8)50)32(57-21(6)48)30(55-19(4)46)27(61-37)15-53-17(2)44/h9-11,13,26-27,29-34,36-37H,14-15H2,1-8H3/t26-,27-,29-,30-,31+,32+,33-,34-,36-,37+/m1/s1. The number of hydrogen-bond acceptors (Lipinski definition) is 23. The van der Waals surface area contributed by atoms with E-state index in [-0.39, 0.29) is 11.3 Å². The summed E-state index contributed by atoms with van der Waals surface area (Å²) in [6.07, 6.45) is -12.4. The summed E-state index contributed by atoms with van der Waals surface area (Å²) in [5.74, 6) is -7.28. The molecule has 0 N–H and O–H groups in total. The third kappa shape index (κ3) is 12.3. The summed E-state index contributed by atoms with van der Waals surface area (Å²) >= 11 is 0.485. The van der Waals surface area contributed by atoms with Crippen molar-refractivity contribution in [2.75, 3.05) is 13.2 Å². The molecule has 23 nitrogen and oxygen atoms in total. The maximum absolute atomic E-state index is 13.9. The summed E-state index contributed by atoms with van der Waals surface area (Å²) < 4.78 is 57.7. The first-order valence-electron chi connectivity index (χ1n) is 18.5. The molecule has 2 saturated heterocycles. The summed E-state index contributed by atoms with van der Waals surface area (Å²) in [6, 6.07) is 4.69. The molecule has 0 amide bonds. The lowest BCUT2D eigenvalue weighted by Gasteiger charge is -2.46. The average molecular weight is 891 g/mol. The summed E-state index contributed by atoms with van der Waals surface area (Å²) in [7, 11) is 0. The van der Waals surface area contributed by atoms with Gasteiger partial charge in [0.05, 0.1) is 5.69 Å². The maximum atomic E-state index is 13.9. The number of hydrogen-bond donors (Lipinski definition) is 0. The fraction of sp³-hybridized carbons (Fsp3) is 0.526. The predicted molar refractivity (Wildman–Crippen MR) is 201 cm³/mol. The molecule has 2 aromatic heterocycles. The van der Waals surface area contributed by atoms with Gasteiger partial charge in [-0.25, -0.2) is 0 Å². The van der Waals surface area contributed by atoms with E-state index in [2.05, 4.69) is 9.97 Å². The molecule has 334 valence electrons. The van der Waals surface area contributed by atoms with Crippen molar-refractivity contribution in [2.45, 2.75) is 121 Å². The largest absolute Gasteiger partial charge is 0.463 e. The van der Waals surface area contributed by atoms with Crippen molar-refractivity contribution in [1.82, 2.24) is 14.5 Å². The monoisotopic (exact) mass is 890 g/mol. The van der Waals surface area contributed by atoms with Crippen molar-refractivity contribution in [2.24, 2.45) is 0 Å². The number of rotatable bonds is 14. The van der Waals surface area contributed by atoms with E-state index in [1.165, 1.54) is 24.5 Å². The highest BCUT2D eigenvalue weighted by molar-refractivity contribution is 7.99. The minimum absolute atomic E-state index is 0.0554. The van der Waals surface area contributed by atoms with Crippen molar-refractivity contribution < 1.29 is 85.7 Å².